The van der Waals surface area contributed by atoms with E-state index in [2.05, 4.69) is 47.0 Å². The Morgan fingerprint density at radius 3 is 2.66 bits per heavy atom. The van der Waals surface area contributed by atoms with Crippen molar-refractivity contribution >= 4 is 17.6 Å². The maximum atomic E-state index is 10.4. The second-order valence-corrected chi connectivity index (χ2v) is 9.33. The first-order valence-corrected chi connectivity index (χ1v) is 11.2. The summed E-state index contributed by atoms with van der Waals surface area (Å²) in [5, 5.41) is 4.49. The number of thiophene rings is 1. The van der Waals surface area contributed by atoms with Crippen molar-refractivity contribution in [2.45, 2.75) is 56.2 Å². The average molecular weight is 422 g/mol. The molecule has 2 nitrogen and oxygen atoms in total. The number of likely N-dealkylation sites (N-methyl/N-ethyl adjacent to an activating group) is 1. The predicted molar refractivity (Wildman–Crippen MR) is 110 cm³/mol. The van der Waals surface area contributed by atoms with Crippen LogP contribution in [0.2, 0.25) is 0 Å². The second-order valence-electron chi connectivity index (χ2n) is 8.55. The molecule has 156 valence electrons. The van der Waals surface area contributed by atoms with Crippen molar-refractivity contribution in [3.63, 3.8) is 0 Å². The molecule has 1 unspecified atom stereocenters. The highest BCUT2D eigenvalue weighted by molar-refractivity contribution is 7.08. The van der Waals surface area contributed by atoms with E-state index in [1.807, 2.05) is 0 Å². The quantitative estimate of drug-likeness (QED) is 0.538. The lowest BCUT2D eigenvalue weighted by atomic mass is 9.52. The van der Waals surface area contributed by atoms with Gasteiger partial charge in [0.2, 0.25) is 6.29 Å². The fourth-order valence-electron chi connectivity index (χ4n) is 5.81. The van der Waals surface area contributed by atoms with E-state index in [-0.39, 0.29) is 0 Å². The SMILES string of the molecule is CN1CCC23CCCC[C@@H]2[C@H]1Cc1ccc(-c2ccsc2)cc13.O=CC(F)(F)F. The lowest BCUT2D eigenvalue weighted by Crippen LogP contribution is -2.59. The highest BCUT2D eigenvalue weighted by Gasteiger charge is 2.52. The minimum absolute atomic E-state index is 0.481. The largest absolute Gasteiger partial charge is 0.446 e. The van der Waals surface area contributed by atoms with E-state index in [9.17, 15) is 13.2 Å². The minimum atomic E-state index is -4.64. The molecule has 5 rings (SSSR count). The van der Waals surface area contributed by atoms with Gasteiger partial charge in [0.05, 0.1) is 0 Å². The number of aldehydes is 1. The first-order chi connectivity index (χ1) is 13.8. The molecule has 1 saturated heterocycles. The summed E-state index contributed by atoms with van der Waals surface area (Å²) in [4.78, 5) is 11.4. The Kier molecular flexibility index (Phi) is 5.60. The van der Waals surface area contributed by atoms with Gasteiger partial charge in [-0.15, -0.1) is 0 Å². The number of hydrogen-bond acceptors (Lipinski definition) is 3. The van der Waals surface area contributed by atoms with Crippen LogP contribution >= 0.6 is 11.3 Å². The van der Waals surface area contributed by atoms with Crippen LogP contribution in [0, 0.1) is 5.92 Å². The molecule has 1 saturated carbocycles. The Hall–Kier alpha value is -1.66. The van der Waals surface area contributed by atoms with Crippen LogP contribution in [0.3, 0.4) is 0 Å². The van der Waals surface area contributed by atoms with Gasteiger partial charge in [0.15, 0.2) is 0 Å². The van der Waals surface area contributed by atoms with Gasteiger partial charge in [-0.3, -0.25) is 4.79 Å². The van der Waals surface area contributed by atoms with Gasteiger partial charge < -0.3 is 4.90 Å². The summed E-state index contributed by atoms with van der Waals surface area (Å²) in [5.74, 6) is 0.889. The molecule has 2 aromatic rings. The number of nitrogens with zero attached hydrogens (tertiary/aromatic N) is 1. The summed E-state index contributed by atoms with van der Waals surface area (Å²) < 4.78 is 31.2. The van der Waals surface area contributed by atoms with Crippen molar-refractivity contribution in [3.8, 4) is 11.1 Å². The summed E-state index contributed by atoms with van der Waals surface area (Å²) in [5.41, 5.74) is 6.67. The second kappa shape index (κ2) is 7.88. The number of carbonyl (C=O) groups excluding carboxylic acids is 1. The fourth-order valence-corrected chi connectivity index (χ4v) is 6.47. The number of benzene rings is 1. The third-order valence-electron chi connectivity index (χ3n) is 7.10. The molecule has 1 aliphatic heterocycles. The van der Waals surface area contributed by atoms with Gasteiger partial charge in [-0.1, -0.05) is 31.0 Å². The highest BCUT2D eigenvalue weighted by Crippen LogP contribution is 2.55. The zero-order chi connectivity index (χ0) is 20.6. The number of piperidine rings is 1. The molecular formula is C23H26F3NOS. The fraction of sp³-hybridized carbons (Fsp3) is 0.522. The Labute approximate surface area is 173 Å². The Balaban J connectivity index is 0.000000302. The topological polar surface area (TPSA) is 20.3 Å². The smallest absolute Gasteiger partial charge is 0.303 e. The van der Waals surface area contributed by atoms with Gasteiger partial charge in [0.1, 0.15) is 0 Å². The lowest BCUT2D eigenvalue weighted by molar-refractivity contribution is -0.156. The molecule has 2 fully saturated rings. The summed E-state index contributed by atoms with van der Waals surface area (Å²) in [7, 11) is 2.36. The van der Waals surface area contributed by atoms with Gasteiger partial charge in [-0.05, 0) is 84.3 Å². The van der Waals surface area contributed by atoms with Crippen LogP contribution in [0.15, 0.2) is 35.0 Å². The number of likely N-dealkylation sites (tertiary alicyclic amines) is 1. The first-order valence-electron chi connectivity index (χ1n) is 10.2. The summed E-state index contributed by atoms with van der Waals surface area (Å²) in [6, 6.07) is 10.4. The summed E-state index contributed by atoms with van der Waals surface area (Å²) >= 11 is 1.80. The number of halogens is 3. The molecule has 3 aliphatic rings. The molecule has 2 bridgehead atoms. The van der Waals surface area contributed by atoms with E-state index < -0.39 is 12.5 Å². The molecule has 1 aromatic heterocycles. The average Bonchev–Trinajstić information content (AvgIpc) is 3.25. The summed E-state index contributed by atoms with van der Waals surface area (Å²) in [6.07, 6.45) is 2.66. The maximum Gasteiger partial charge on any atom is 0.446 e. The molecule has 0 amide bonds. The number of hydrogen-bond donors (Lipinski definition) is 0. The number of fused-ring (bicyclic) bond motifs is 1. The predicted octanol–water partition coefficient (Wildman–Crippen LogP) is 5.85. The molecule has 2 heterocycles. The zero-order valence-corrected chi connectivity index (χ0v) is 17.4. The molecule has 2 aliphatic carbocycles. The Morgan fingerprint density at radius 2 is 1.97 bits per heavy atom. The van der Waals surface area contributed by atoms with Crippen molar-refractivity contribution in [1.29, 1.82) is 0 Å². The minimum Gasteiger partial charge on any atom is -0.303 e. The number of carbonyl (C=O) groups is 1. The van der Waals surface area contributed by atoms with E-state index in [0.29, 0.717) is 5.41 Å². The monoisotopic (exact) mass is 421 g/mol. The molecule has 0 spiro atoms. The van der Waals surface area contributed by atoms with Gasteiger partial charge in [-0.25, -0.2) is 0 Å². The highest BCUT2D eigenvalue weighted by atomic mass is 32.1. The lowest BCUT2D eigenvalue weighted by Gasteiger charge is -2.58. The van der Waals surface area contributed by atoms with Crippen LogP contribution in [-0.4, -0.2) is 37.0 Å². The maximum absolute atomic E-state index is 10.4. The number of alkyl halides is 3. The van der Waals surface area contributed by atoms with Crippen LogP contribution < -0.4 is 0 Å². The third kappa shape index (κ3) is 3.89. The molecule has 0 radical (unpaired) electrons. The van der Waals surface area contributed by atoms with Crippen molar-refractivity contribution in [3.05, 3.63) is 46.2 Å². The van der Waals surface area contributed by atoms with E-state index in [1.165, 1.54) is 56.2 Å². The van der Waals surface area contributed by atoms with Gasteiger partial charge >= 0.3 is 6.18 Å². The van der Waals surface area contributed by atoms with Crippen LogP contribution in [0.25, 0.3) is 11.1 Å². The van der Waals surface area contributed by atoms with Gasteiger partial charge in [0.25, 0.3) is 0 Å². The van der Waals surface area contributed by atoms with Gasteiger partial charge in [-0.2, -0.15) is 24.5 Å². The molecular weight excluding hydrogens is 395 g/mol. The van der Waals surface area contributed by atoms with Crippen LogP contribution in [-0.2, 0) is 16.6 Å². The van der Waals surface area contributed by atoms with Crippen molar-refractivity contribution in [2.24, 2.45) is 5.92 Å². The van der Waals surface area contributed by atoms with E-state index in [0.717, 1.165) is 12.0 Å². The van der Waals surface area contributed by atoms with Crippen molar-refractivity contribution in [1.82, 2.24) is 4.90 Å². The van der Waals surface area contributed by atoms with E-state index >= 15 is 0 Å². The third-order valence-corrected chi connectivity index (χ3v) is 7.79. The Bertz CT molecular complexity index is 864. The van der Waals surface area contributed by atoms with Crippen LogP contribution in [0.5, 0.6) is 0 Å². The standard InChI is InChI=1S/C21H25NS.C2HF3O/c1-22-10-9-21-8-3-2-4-18(21)20(22)13-16-6-5-15(12-19(16)21)17-7-11-23-14-17;3-2(4,5)1-6/h5-7,11-12,14,18,20H,2-4,8-10,13H2,1H3;1H/t18-,20-,21?;/m1./s1. The molecule has 3 atom stereocenters. The van der Waals surface area contributed by atoms with E-state index in [1.54, 1.807) is 22.5 Å². The van der Waals surface area contributed by atoms with Crippen molar-refractivity contribution in [2.75, 3.05) is 13.6 Å². The van der Waals surface area contributed by atoms with Crippen LogP contribution in [0.4, 0.5) is 13.2 Å². The Morgan fingerprint density at radius 1 is 1.17 bits per heavy atom. The van der Waals surface area contributed by atoms with Crippen molar-refractivity contribution < 1.29 is 18.0 Å². The van der Waals surface area contributed by atoms with Gasteiger partial charge in [0, 0.05) is 11.5 Å². The molecule has 1 aromatic carbocycles. The molecule has 6 heteroatoms. The zero-order valence-electron chi connectivity index (χ0n) is 16.5. The first kappa shape index (κ1) is 20.6. The summed E-state index contributed by atoms with van der Waals surface area (Å²) in [6.45, 7) is 1.28. The van der Waals surface area contributed by atoms with Crippen LogP contribution in [0.1, 0.15) is 43.2 Å². The normalized spacial score (nSPS) is 28.6. The molecule has 0 N–H and O–H groups in total. The van der Waals surface area contributed by atoms with E-state index in [4.69, 9.17) is 4.79 Å². The number of rotatable bonds is 1. The molecule has 29 heavy (non-hydrogen) atoms.